The lowest BCUT2D eigenvalue weighted by Gasteiger charge is -2.23. The van der Waals surface area contributed by atoms with Crippen LogP contribution >= 0.6 is 23.4 Å². The van der Waals surface area contributed by atoms with Gasteiger partial charge in [0.05, 0.1) is 28.6 Å². The highest BCUT2D eigenvalue weighted by Crippen LogP contribution is 2.30. The lowest BCUT2D eigenvalue weighted by molar-refractivity contribution is -0.116. The van der Waals surface area contributed by atoms with Crippen LogP contribution in [0.15, 0.2) is 65.7 Å². The molecule has 0 unspecified atom stereocenters. The monoisotopic (exact) mass is 421 g/mol. The predicted octanol–water partition coefficient (Wildman–Crippen LogP) is 5.55. The van der Waals surface area contributed by atoms with Crippen molar-refractivity contribution in [2.24, 2.45) is 0 Å². The minimum absolute atomic E-state index is 0.0546. The Hall–Kier alpha value is -2.81. The highest BCUT2D eigenvalue weighted by molar-refractivity contribution is 8.00. The van der Waals surface area contributed by atoms with Crippen LogP contribution in [0.5, 0.6) is 0 Å². The fraction of sp³-hybridized carbons (Fsp3) is 0.174. The number of thioether (sulfide) groups is 1. The summed E-state index contributed by atoms with van der Waals surface area (Å²) in [6, 6.07) is 21.6. The van der Waals surface area contributed by atoms with E-state index in [1.165, 1.54) is 11.8 Å². The number of aryl methyl sites for hydroxylation is 1. The summed E-state index contributed by atoms with van der Waals surface area (Å²) in [5.74, 6) is 0.116. The van der Waals surface area contributed by atoms with Gasteiger partial charge in [0.25, 0.3) is 0 Å². The molecular formula is C23H20ClN3OS. The molecule has 0 saturated carbocycles. The van der Waals surface area contributed by atoms with E-state index in [0.29, 0.717) is 33.4 Å². The normalized spacial score (nSPS) is 10.4. The van der Waals surface area contributed by atoms with Crippen LogP contribution < -0.4 is 4.90 Å². The summed E-state index contributed by atoms with van der Waals surface area (Å²) in [5, 5.41) is 10.5. The van der Waals surface area contributed by atoms with Gasteiger partial charge >= 0.3 is 0 Å². The lowest BCUT2D eigenvalue weighted by Crippen LogP contribution is -2.32. The van der Waals surface area contributed by atoms with E-state index in [1.807, 2.05) is 60.7 Å². The van der Waals surface area contributed by atoms with E-state index >= 15 is 0 Å². The molecule has 146 valence electrons. The molecule has 0 aliphatic heterocycles. The fourth-order valence-electron chi connectivity index (χ4n) is 2.94. The van der Waals surface area contributed by atoms with Crippen LogP contribution in [-0.4, -0.2) is 16.6 Å². The van der Waals surface area contributed by atoms with Crippen molar-refractivity contribution in [3.63, 3.8) is 0 Å². The number of pyridine rings is 1. The van der Waals surface area contributed by atoms with E-state index in [2.05, 4.69) is 11.1 Å². The Kier molecular flexibility index (Phi) is 6.92. The Morgan fingerprint density at radius 2 is 1.72 bits per heavy atom. The standard InChI is InChI=1S/C23H20ClN3OS/c1-16-20(13-25)23(26-17(2)22(16)24)29-15-21(28)27(19-11-7-4-8-12-19)14-18-9-5-3-6-10-18/h3-12H,14-15H2,1-2H3. The molecule has 0 aliphatic carbocycles. The number of carbonyl (C=O) groups is 1. The number of para-hydroxylation sites is 1. The van der Waals surface area contributed by atoms with Crippen molar-refractivity contribution in [3.05, 3.63) is 88.1 Å². The van der Waals surface area contributed by atoms with Crippen LogP contribution in [0.2, 0.25) is 5.02 Å². The molecule has 4 nitrogen and oxygen atoms in total. The van der Waals surface area contributed by atoms with E-state index in [4.69, 9.17) is 11.6 Å². The third-order valence-corrected chi connectivity index (χ3v) is 6.02. The van der Waals surface area contributed by atoms with Gasteiger partial charge in [-0.3, -0.25) is 4.79 Å². The van der Waals surface area contributed by atoms with Crippen LogP contribution in [0, 0.1) is 25.2 Å². The summed E-state index contributed by atoms with van der Waals surface area (Å²) in [6.07, 6.45) is 0. The first-order valence-corrected chi connectivity index (χ1v) is 10.5. The van der Waals surface area contributed by atoms with Crippen LogP contribution in [0.3, 0.4) is 0 Å². The van der Waals surface area contributed by atoms with E-state index in [9.17, 15) is 10.1 Å². The molecule has 0 N–H and O–H groups in total. The Morgan fingerprint density at radius 1 is 1.10 bits per heavy atom. The van der Waals surface area contributed by atoms with Crippen LogP contribution in [0.4, 0.5) is 5.69 Å². The van der Waals surface area contributed by atoms with Gasteiger partial charge in [0.15, 0.2) is 0 Å². The van der Waals surface area contributed by atoms with Gasteiger partial charge in [-0.15, -0.1) is 0 Å². The van der Waals surface area contributed by atoms with E-state index < -0.39 is 0 Å². The number of rotatable bonds is 6. The van der Waals surface area contributed by atoms with Crippen LogP contribution in [0.1, 0.15) is 22.4 Å². The molecule has 6 heteroatoms. The zero-order chi connectivity index (χ0) is 20.8. The fourth-order valence-corrected chi connectivity index (χ4v) is 4.04. The topological polar surface area (TPSA) is 57.0 Å². The number of hydrogen-bond donors (Lipinski definition) is 0. The Labute approximate surface area is 180 Å². The Morgan fingerprint density at radius 3 is 2.34 bits per heavy atom. The summed E-state index contributed by atoms with van der Waals surface area (Å²) in [6.45, 7) is 4.07. The summed E-state index contributed by atoms with van der Waals surface area (Å²) < 4.78 is 0. The average molecular weight is 422 g/mol. The van der Waals surface area contributed by atoms with Crippen molar-refractivity contribution in [2.45, 2.75) is 25.4 Å². The average Bonchev–Trinajstić information content (AvgIpc) is 2.75. The van der Waals surface area contributed by atoms with Crippen molar-refractivity contribution < 1.29 is 4.79 Å². The molecular weight excluding hydrogens is 402 g/mol. The first-order chi connectivity index (χ1) is 14.0. The number of halogens is 1. The molecule has 1 amide bonds. The maximum atomic E-state index is 13.1. The van der Waals surface area contributed by atoms with Crippen molar-refractivity contribution in [3.8, 4) is 6.07 Å². The van der Waals surface area contributed by atoms with Crippen LogP contribution in [-0.2, 0) is 11.3 Å². The smallest absolute Gasteiger partial charge is 0.237 e. The van der Waals surface area contributed by atoms with Gasteiger partial charge in [-0.25, -0.2) is 4.98 Å². The molecule has 1 aromatic heterocycles. The maximum absolute atomic E-state index is 13.1. The number of anilines is 1. The van der Waals surface area contributed by atoms with Crippen molar-refractivity contribution in [2.75, 3.05) is 10.7 Å². The number of nitrogens with zero attached hydrogens (tertiary/aromatic N) is 3. The molecule has 1 heterocycles. The first kappa shape index (κ1) is 20.9. The van der Waals surface area contributed by atoms with Crippen molar-refractivity contribution in [1.29, 1.82) is 5.26 Å². The summed E-state index contributed by atoms with van der Waals surface area (Å²) in [4.78, 5) is 19.3. The number of carbonyl (C=O) groups excluding carboxylic acids is 1. The van der Waals surface area contributed by atoms with E-state index in [1.54, 1.807) is 18.7 Å². The SMILES string of the molecule is Cc1nc(SCC(=O)N(Cc2ccccc2)c2ccccc2)c(C#N)c(C)c1Cl. The van der Waals surface area contributed by atoms with E-state index in [-0.39, 0.29) is 11.7 Å². The van der Waals surface area contributed by atoms with Gasteiger partial charge < -0.3 is 4.90 Å². The number of aromatic nitrogens is 1. The summed E-state index contributed by atoms with van der Waals surface area (Å²) >= 11 is 7.49. The second-order valence-corrected chi connectivity index (χ2v) is 7.86. The van der Waals surface area contributed by atoms with Crippen LogP contribution in [0.25, 0.3) is 0 Å². The molecule has 0 spiro atoms. The molecule has 0 fully saturated rings. The highest BCUT2D eigenvalue weighted by Gasteiger charge is 2.19. The van der Waals surface area contributed by atoms with Gasteiger partial charge in [0.2, 0.25) is 5.91 Å². The number of nitriles is 1. The molecule has 0 bridgehead atoms. The van der Waals surface area contributed by atoms with Gasteiger partial charge in [-0.05, 0) is 37.1 Å². The first-order valence-electron chi connectivity index (χ1n) is 9.10. The second-order valence-electron chi connectivity index (χ2n) is 6.52. The third kappa shape index (κ3) is 4.97. The largest absolute Gasteiger partial charge is 0.307 e. The minimum atomic E-state index is -0.0546. The molecule has 0 saturated heterocycles. The molecule has 0 atom stereocenters. The molecule has 3 rings (SSSR count). The zero-order valence-electron chi connectivity index (χ0n) is 16.2. The quantitative estimate of drug-likeness (QED) is 0.489. The molecule has 0 aliphatic rings. The Bertz CT molecular complexity index is 1050. The second kappa shape index (κ2) is 9.60. The molecule has 0 radical (unpaired) electrons. The summed E-state index contributed by atoms with van der Waals surface area (Å²) in [7, 11) is 0. The lowest BCUT2D eigenvalue weighted by atomic mass is 10.1. The van der Waals surface area contributed by atoms with Crippen molar-refractivity contribution in [1.82, 2.24) is 4.98 Å². The van der Waals surface area contributed by atoms with E-state index in [0.717, 1.165) is 11.3 Å². The predicted molar refractivity (Wildman–Crippen MR) is 118 cm³/mol. The van der Waals surface area contributed by atoms with Gasteiger partial charge in [-0.1, -0.05) is 71.9 Å². The summed E-state index contributed by atoms with van der Waals surface area (Å²) in [5.41, 5.74) is 3.65. The zero-order valence-corrected chi connectivity index (χ0v) is 17.8. The molecule has 29 heavy (non-hydrogen) atoms. The minimum Gasteiger partial charge on any atom is -0.307 e. The van der Waals surface area contributed by atoms with Gasteiger partial charge in [-0.2, -0.15) is 5.26 Å². The molecule has 3 aromatic rings. The Balaban J connectivity index is 1.84. The van der Waals surface area contributed by atoms with Gasteiger partial charge in [0, 0.05) is 5.69 Å². The number of benzene rings is 2. The third-order valence-electron chi connectivity index (χ3n) is 4.50. The number of hydrogen-bond acceptors (Lipinski definition) is 4. The highest BCUT2D eigenvalue weighted by atomic mass is 35.5. The maximum Gasteiger partial charge on any atom is 0.237 e. The van der Waals surface area contributed by atoms with Crippen molar-refractivity contribution >= 4 is 35.0 Å². The number of amides is 1. The van der Waals surface area contributed by atoms with Gasteiger partial charge in [0.1, 0.15) is 11.1 Å². The molecule has 2 aromatic carbocycles.